The highest BCUT2D eigenvalue weighted by Crippen LogP contribution is 2.30. The standard InChI is InChI=1S/C19H16N2O4S/c1-12-6-8-14(9-7-12)20-19-21-18(24)16(26-19)10-13-4-2-3-5-15(13)25-11-17(22)23/h2-10H,11H2,1H3,(H,22,23)(H,20,21,24)/b16-10+. The molecule has 0 atom stereocenters. The number of para-hydroxylation sites is 1. The molecule has 0 spiro atoms. The number of carboxylic acid groups (broad SMARTS) is 1. The number of hydrogen-bond donors (Lipinski definition) is 2. The molecule has 1 fully saturated rings. The average Bonchev–Trinajstić information content (AvgIpc) is 2.95. The van der Waals surface area contributed by atoms with Gasteiger partial charge < -0.3 is 15.2 Å². The van der Waals surface area contributed by atoms with Crippen LogP contribution in [0.3, 0.4) is 0 Å². The van der Waals surface area contributed by atoms with Gasteiger partial charge in [-0.15, -0.1) is 0 Å². The van der Waals surface area contributed by atoms with Gasteiger partial charge >= 0.3 is 5.97 Å². The third-order valence-electron chi connectivity index (χ3n) is 3.47. The Labute approximate surface area is 154 Å². The van der Waals surface area contributed by atoms with Crippen molar-refractivity contribution in [1.29, 1.82) is 0 Å². The number of ether oxygens (including phenoxy) is 1. The molecule has 0 bridgehead atoms. The quantitative estimate of drug-likeness (QED) is 0.790. The summed E-state index contributed by atoms with van der Waals surface area (Å²) >= 11 is 1.22. The number of thioether (sulfide) groups is 1. The minimum absolute atomic E-state index is 0.256. The van der Waals surface area contributed by atoms with E-state index in [-0.39, 0.29) is 5.91 Å². The zero-order valence-electron chi connectivity index (χ0n) is 13.9. The van der Waals surface area contributed by atoms with E-state index >= 15 is 0 Å². The molecule has 1 aliphatic rings. The molecule has 0 radical (unpaired) electrons. The van der Waals surface area contributed by atoms with Crippen LogP contribution in [-0.2, 0) is 9.59 Å². The number of amides is 1. The summed E-state index contributed by atoms with van der Waals surface area (Å²) in [6.45, 7) is 1.55. The number of aliphatic imine (C=N–C) groups is 1. The second kappa shape index (κ2) is 7.88. The van der Waals surface area contributed by atoms with Gasteiger partial charge in [0.1, 0.15) is 5.75 Å². The van der Waals surface area contributed by atoms with Crippen LogP contribution in [-0.4, -0.2) is 28.8 Å². The largest absolute Gasteiger partial charge is 0.481 e. The van der Waals surface area contributed by atoms with Crippen LogP contribution in [0.5, 0.6) is 5.75 Å². The first-order valence-electron chi connectivity index (χ1n) is 7.81. The number of aliphatic carboxylic acids is 1. The molecule has 1 amide bonds. The van der Waals surface area contributed by atoms with Gasteiger partial charge in [-0.1, -0.05) is 35.9 Å². The van der Waals surface area contributed by atoms with Crippen LogP contribution in [0.15, 0.2) is 58.4 Å². The maximum absolute atomic E-state index is 12.2. The number of aryl methyl sites for hydroxylation is 1. The molecule has 1 saturated heterocycles. The van der Waals surface area contributed by atoms with E-state index in [0.29, 0.717) is 21.4 Å². The lowest BCUT2D eigenvalue weighted by atomic mass is 10.2. The minimum atomic E-state index is -1.06. The van der Waals surface area contributed by atoms with Crippen molar-refractivity contribution in [1.82, 2.24) is 5.32 Å². The molecule has 0 aromatic heterocycles. The summed E-state index contributed by atoms with van der Waals surface area (Å²) in [6.07, 6.45) is 1.66. The Bertz CT molecular complexity index is 904. The molecule has 26 heavy (non-hydrogen) atoms. The second-order valence-electron chi connectivity index (χ2n) is 5.54. The second-order valence-corrected chi connectivity index (χ2v) is 6.57. The van der Waals surface area contributed by atoms with Crippen LogP contribution in [0.25, 0.3) is 6.08 Å². The first-order chi connectivity index (χ1) is 12.5. The van der Waals surface area contributed by atoms with Gasteiger partial charge in [-0.05, 0) is 43.0 Å². The molecular weight excluding hydrogens is 352 g/mol. The van der Waals surface area contributed by atoms with Crippen molar-refractivity contribution in [2.24, 2.45) is 4.99 Å². The van der Waals surface area contributed by atoms with Gasteiger partial charge in [0.05, 0.1) is 10.6 Å². The Morgan fingerprint density at radius 1 is 1.23 bits per heavy atom. The van der Waals surface area contributed by atoms with Gasteiger partial charge in [-0.25, -0.2) is 9.79 Å². The molecule has 0 unspecified atom stereocenters. The Kier molecular flexibility index (Phi) is 5.38. The van der Waals surface area contributed by atoms with E-state index in [4.69, 9.17) is 9.84 Å². The number of carboxylic acids is 1. The maximum Gasteiger partial charge on any atom is 0.341 e. The summed E-state index contributed by atoms with van der Waals surface area (Å²) in [7, 11) is 0. The lowest BCUT2D eigenvalue weighted by molar-refractivity contribution is -0.139. The third kappa shape index (κ3) is 4.52. The molecule has 0 aliphatic carbocycles. The van der Waals surface area contributed by atoms with Crippen LogP contribution in [0.2, 0.25) is 0 Å². The summed E-state index contributed by atoms with van der Waals surface area (Å²) in [6, 6.07) is 14.6. The number of nitrogens with zero attached hydrogens (tertiary/aromatic N) is 1. The summed E-state index contributed by atoms with van der Waals surface area (Å²) in [4.78, 5) is 27.8. The minimum Gasteiger partial charge on any atom is -0.481 e. The molecule has 2 aromatic carbocycles. The van der Waals surface area contributed by atoms with Gasteiger partial charge in [-0.2, -0.15) is 0 Å². The van der Waals surface area contributed by atoms with E-state index in [0.717, 1.165) is 11.3 Å². The molecule has 132 valence electrons. The predicted molar refractivity (Wildman–Crippen MR) is 102 cm³/mol. The van der Waals surface area contributed by atoms with Crippen molar-refractivity contribution in [3.8, 4) is 5.75 Å². The van der Waals surface area contributed by atoms with Crippen molar-refractivity contribution < 1.29 is 19.4 Å². The van der Waals surface area contributed by atoms with Crippen LogP contribution >= 0.6 is 11.8 Å². The number of amidine groups is 1. The fourth-order valence-corrected chi connectivity index (χ4v) is 3.06. The van der Waals surface area contributed by atoms with Crippen LogP contribution in [0, 0.1) is 6.92 Å². The first-order valence-corrected chi connectivity index (χ1v) is 8.63. The molecule has 1 aliphatic heterocycles. The Morgan fingerprint density at radius 2 is 1.96 bits per heavy atom. The fourth-order valence-electron chi connectivity index (χ4n) is 2.23. The Balaban J connectivity index is 1.81. The van der Waals surface area contributed by atoms with Crippen LogP contribution < -0.4 is 10.1 Å². The predicted octanol–water partition coefficient (Wildman–Crippen LogP) is 3.35. The van der Waals surface area contributed by atoms with E-state index in [1.54, 1.807) is 30.3 Å². The number of carbonyl (C=O) groups is 2. The highest BCUT2D eigenvalue weighted by Gasteiger charge is 2.24. The van der Waals surface area contributed by atoms with Crippen molar-refractivity contribution in [2.75, 3.05) is 6.61 Å². The lowest BCUT2D eigenvalue weighted by Gasteiger charge is -2.06. The van der Waals surface area contributed by atoms with Crippen LogP contribution in [0.1, 0.15) is 11.1 Å². The van der Waals surface area contributed by atoms with Crippen molar-refractivity contribution >= 4 is 40.6 Å². The number of benzene rings is 2. The van der Waals surface area contributed by atoms with Gasteiger partial charge in [0, 0.05) is 5.56 Å². The summed E-state index contributed by atoms with van der Waals surface area (Å²) in [5, 5.41) is 12.0. The van der Waals surface area contributed by atoms with Crippen LogP contribution in [0.4, 0.5) is 5.69 Å². The summed E-state index contributed by atoms with van der Waals surface area (Å²) < 4.78 is 5.26. The molecule has 3 rings (SSSR count). The van der Waals surface area contributed by atoms with Gasteiger partial charge in [-0.3, -0.25) is 4.79 Å². The molecular formula is C19H16N2O4S. The molecule has 0 saturated carbocycles. The first kappa shape index (κ1) is 17.8. The lowest BCUT2D eigenvalue weighted by Crippen LogP contribution is -2.19. The van der Waals surface area contributed by atoms with E-state index in [1.165, 1.54) is 11.8 Å². The van der Waals surface area contributed by atoms with E-state index in [1.807, 2.05) is 31.2 Å². The molecule has 2 aromatic rings. The fraction of sp³-hybridized carbons (Fsp3) is 0.105. The molecule has 2 N–H and O–H groups in total. The Morgan fingerprint density at radius 3 is 2.69 bits per heavy atom. The number of carbonyl (C=O) groups excluding carboxylic acids is 1. The number of rotatable bonds is 5. The zero-order chi connectivity index (χ0) is 18.5. The molecule has 6 nitrogen and oxygen atoms in total. The highest BCUT2D eigenvalue weighted by molar-refractivity contribution is 8.18. The van der Waals surface area contributed by atoms with Crippen molar-refractivity contribution in [2.45, 2.75) is 6.92 Å². The molecule has 7 heteroatoms. The summed E-state index contributed by atoms with van der Waals surface area (Å²) in [5.74, 6) is -0.915. The van der Waals surface area contributed by atoms with E-state index in [2.05, 4.69) is 10.3 Å². The summed E-state index contributed by atoms with van der Waals surface area (Å²) in [5.41, 5.74) is 2.52. The number of nitrogens with one attached hydrogen (secondary N) is 1. The molecule has 1 heterocycles. The average molecular weight is 368 g/mol. The highest BCUT2D eigenvalue weighted by atomic mass is 32.2. The smallest absolute Gasteiger partial charge is 0.341 e. The van der Waals surface area contributed by atoms with Gasteiger partial charge in [0.25, 0.3) is 5.91 Å². The van der Waals surface area contributed by atoms with E-state index in [9.17, 15) is 9.59 Å². The van der Waals surface area contributed by atoms with Gasteiger partial charge in [0.15, 0.2) is 11.8 Å². The van der Waals surface area contributed by atoms with Crippen molar-refractivity contribution in [3.05, 3.63) is 64.6 Å². The topological polar surface area (TPSA) is 88.0 Å². The maximum atomic E-state index is 12.2. The normalized spacial score (nSPS) is 16.7. The third-order valence-corrected chi connectivity index (χ3v) is 4.38. The number of hydrogen-bond acceptors (Lipinski definition) is 5. The SMILES string of the molecule is Cc1ccc(N=C2NC(=O)/C(=C\c3ccccc3OCC(=O)O)S2)cc1. The monoisotopic (exact) mass is 368 g/mol. The van der Waals surface area contributed by atoms with Crippen molar-refractivity contribution in [3.63, 3.8) is 0 Å². The Hall–Kier alpha value is -3.06. The van der Waals surface area contributed by atoms with E-state index < -0.39 is 12.6 Å². The zero-order valence-corrected chi connectivity index (χ0v) is 14.7. The van der Waals surface area contributed by atoms with Gasteiger partial charge in [0.2, 0.25) is 0 Å².